The van der Waals surface area contributed by atoms with E-state index in [0.29, 0.717) is 5.02 Å². The quantitative estimate of drug-likeness (QED) is 0.746. The summed E-state index contributed by atoms with van der Waals surface area (Å²) in [4.78, 5) is 13.4. The number of hydrogen-bond acceptors (Lipinski definition) is 2. The van der Waals surface area contributed by atoms with Gasteiger partial charge in [-0.2, -0.15) is 0 Å². The van der Waals surface area contributed by atoms with Crippen molar-refractivity contribution in [3.8, 4) is 0 Å². The standard InChI is InChI=1S/C18H20ClNOS/c1-3-17(14-7-5-4-6-8-14)20-18(21)13(2)22-16-11-9-15(19)10-12-16/h4-13,17H,3H2,1-2H3,(H,20,21). The average Bonchev–Trinajstić information content (AvgIpc) is 2.55. The Morgan fingerprint density at radius 1 is 1.14 bits per heavy atom. The van der Waals surface area contributed by atoms with Crippen molar-refractivity contribution in [2.24, 2.45) is 0 Å². The van der Waals surface area contributed by atoms with E-state index in [9.17, 15) is 4.79 Å². The predicted molar refractivity (Wildman–Crippen MR) is 94.4 cm³/mol. The number of amides is 1. The van der Waals surface area contributed by atoms with Gasteiger partial charge in [0.2, 0.25) is 5.91 Å². The summed E-state index contributed by atoms with van der Waals surface area (Å²) in [5.74, 6) is 0.0515. The molecule has 2 unspecified atom stereocenters. The Morgan fingerprint density at radius 3 is 2.36 bits per heavy atom. The van der Waals surface area contributed by atoms with Crippen LogP contribution in [0, 0.1) is 0 Å². The first-order valence-corrected chi connectivity index (χ1v) is 8.63. The van der Waals surface area contributed by atoms with E-state index in [2.05, 4.69) is 12.2 Å². The lowest BCUT2D eigenvalue weighted by molar-refractivity contribution is -0.121. The van der Waals surface area contributed by atoms with Gasteiger partial charge in [0.15, 0.2) is 0 Å². The summed E-state index contributed by atoms with van der Waals surface area (Å²) in [6.07, 6.45) is 0.869. The van der Waals surface area contributed by atoms with Crippen LogP contribution in [0.5, 0.6) is 0 Å². The van der Waals surface area contributed by atoms with Gasteiger partial charge >= 0.3 is 0 Å². The van der Waals surface area contributed by atoms with Gasteiger partial charge in [0.05, 0.1) is 11.3 Å². The minimum absolute atomic E-state index is 0.0515. The summed E-state index contributed by atoms with van der Waals surface area (Å²) in [6, 6.07) is 17.7. The zero-order valence-electron chi connectivity index (χ0n) is 12.8. The van der Waals surface area contributed by atoms with Crippen molar-refractivity contribution >= 4 is 29.3 Å². The molecule has 2 rings (SSSR count). The number of nitrogens with one attached hydrogen (secondary N) is 1. The van der Waals surface area contributed by atoms with E-state index in [1.54, 1.807) is 0 Å². The second-order valence-electron chi connectivity index (χ2n) is 5.09. The van der Waals surface area contributed by atoms with Gasteiger partial charge in [-0.15, -0.1) is 11.8 Å². The molecule has 2 nitrogen and oxygen atoms in total. The van der Waals surface area contributed by atoms with Crippen molar-refractivity contribution in [1.29, 1.82) is 0 Å². The van der Waals surface area contributed by atoms with Crippen LogP contribution in [0.4, 0.5) is 0 Å². The Hall–Kier alpha value is -1.45. The molecule has 2 aromatic rings. The maximum atomic E-state index is 12.4. The molecule has 116 valence electrons. The van der Waals surface area contributed by atoms with Crippen LogP contribution < -0.4 is 5.32 Å². The highest BCUT2D eigenvalue weighted by atomic mass is 35.5. The molecule has 0 aliphatic heterocycles. The van der Waals surface area contributed by atoms with Crippen molar-refractivity contribution in [3.05, 3.63) is 65.2 Å². The topological polar surface area (TPSA) is 29.1 Å². The number of benzene rings is 2. The number of rotatable bonds is 6. The van der Waals surface area contributed by atoms with Crippen molar-refractivity contribution in [3.63, 3.8) is 0 Å². The smallest absolute Gasteiger partial charge is 0.233 e. The normalized spacial score (nSPS) is 13.4. The molecule has 2 atom stereocenters. The molecule has 0 aliphatic rings. The third-order valence-electron chi connectivity index (χ3n) is 3.42. The summed E-state index contributed by atoms with van der Waals surface area (Å²) in [5.41, 5.74) is 1.14. The second-order valence-corrected chi connectivity index (χ2v) is 6.94. The third-order valence-corrected chi connectivity index (χ3v) is 4.79. The Labute approximate surface area is 141 Å². The summed E-state index contributed by atoms with van der Waals surface area (Å²) in [7, 11) is 0. The molecule has 0 radical (unpaired) electrons. The molecular weight excluding hydrogens is 314 g/mol. The molecule has 0 fully saturated rings. The maximum Gasteiger partial charge on any atom is 0.233 e. The van der Waals surface area contributed by atoms with Crippen molar-refractivity contribution in [2.75, 3.05) is 0 Å². The highest BCUT2D eigenvalue weighted by molar-refractivity contribution is 8.00. The SMILES string of the molecule is CCC(NC(=O)C(C)Sc1ccc(Cl)cc1)c1ccccc1. The number of carbonyl (C=O) groups is 1. The first-order chi connectivity index (χ1) is 10.6. The lowest BCUT2D eigenvalue weighted by Gasteiger charge is -2.20. The predicted octanol–water partition coefficient (Wildman–Crippen LogP) is 5.09. The van der Waals surface area contributed by atoms with Gasteiger partial charge in [0, 0.05) is 9.92 Å². The van der Waals surface area contributed by atoms with E-state index < -0.39 is 0 Å². The maximum absolute atomic E-state index is 12.4. The molecule has 0 bridgehead atoms. The van der Waals surface area contributed by atoms with Crippen molar-refractivity contribution in [2.45, 2.75) is 36.5 Å². The van der Waals surface area contributed by atoms with Gasteiger partial charge in [-0.05, 0) is 43.2 Å². The average molecular weight is 334 g/mol. The molecule has 4 heteroatoms. The van der Waals surface area contributed by atoms with Crippen molar-refractivity contribution in [1.82, 2.24) is 5.32 Å². The fraction of sp³-hybridized carbons (Fsp3) is 0.278. The molecule has 22 heavy (non-hydrogen) atoms. The lowest BCUT2D eigenvalue weighted by Crippen LogP contribution is -2.34. The monoisotopic (exact) mass is 333 g/mol. The van der Waals surface area contributed by atoms with E-state index in [-0.39, 0.29) is 17.2 Å². The van der Waals surface area contributed by atoms with Crippen LogP contribution in [0.15, 0.2) is 59.5 Å². The zero-order valence-corrected chi connectivity index (χ0v) is 14.3. The van der Waals surface area contributed by atoms with Crippen LogP contribution >= 0.6 is 23.4 Å². The molecule has 0 saturated heterocycles. The highest BCUT2D eigenvalue weighted by Gasteiger charge is 2.18. The zero-order chi connectivity index (χ0) is 15.9. The molecule has 0 saturated carbocycles. The molecule has 0 spiro atoms. The van der Waals surface area contributed by atoms with Crippen LogP contribution in [0.2, 0.25) is 5.02 Å². The summed E-state index contributed by atoms with van der Waals surface area (Å²) in [6.45, 7) is 4.00. The van der Waals surface area contributed by atoms with Crippen LogP contribution in [0.25, 0.3) is 0 Å². The van der Waals surface area contributed by atoms with E-state index in [0.717, 1.165) is 16.9 Å². The summed E-state index contributed by atoms with van der Waals surface area (Å²) in [5, 5.41) is 3.68. The van der Waals surface area contributed by atoms with Crippen LogP contribution in [0.1, 0.15) is 31.9 Å². The van der Waals surface area contributed by atoms with Gasteiger partial charge in [-0.25, -0.2) is 0 Å². The van der Waals surface area contributed by atoms with Gasteiger partial charge < -0.3 is 5.32 Å². The molecule has 0 aromatic heterocycles. The Balaban J connectivity index is 1.96. The summed E-state index contributed by atoms with van der Waals surface area (Å²) < 4.78 is 0. The fourth-order valence-electron chi connectivity index (χ4n) is 2.17. The van der Waals surface area contributed by atoms with Crippen LogP contribution in [0.3, 0.4) is 0 Å². The molecule has 1 amide bonds. The number of hydrogen-bond donors (Lipinski definition) is 1. The van der Waals surface area contributed by atoms with Gasteiger partial charge in [0.25, 0.3) is 0 Å². The van der Waals surface area contributed by atoms with Gasteiger partial charge in [-0.1, -0.05) is 48.9 Å². The molecule has 0 aliphatic carbocycles. The number of halogens is 1. The minimum atomic E-state index is -0.154. The lowest BCUT2D eigenvalue weighted by atomic mass is 10.0. The first kappa shape index (κ1) is 16.9. The Kier molecular flexibility index (Phi) is 6.34. The van der Waals surface area contributed by atoms with Gasteiger partial charge in [-0.3, -0.25) is 4.79 Å². The van der Waals surface area contributed by atoms with E-state index in [4.69, 9.17) is 11.6 Å². The highest BCUT2D eigenvalue weighted by Crippen LogP contribution is 2.25. The number of thioether (sulfide) groups is 1. The molecule has 2 aromatic carbocycles. The largest absolute Gasteiger partial charge is 0.348 e. The number of carbonyl (C=O) groups excluding carboxylic acids is 1. The van der Waals surface area contributed by atoms with E-state index in [1.165, 1.54) is 11.8 Å². The van der Waals surface area contributed by atoms with Gasteiger partial charge in [0.1, 0.15) is 0 Å². The van der Waals surface area contributed by atoms with E-state index >= 15 is 0 Å². The Bertz CT molecular complexity index is 600. The van der Waals surface area contributed by atoms with Crippen LogP contribution in [-0.2, 0) is 4.79 Å². The third kappa shape index (κ3) is 4.79. The second kappa shape index (κ2) is 8.25. The molecule has 0 heterocycles. The molecule has 1 N–H and O–H groups in total. The minimum Gasteiger partial charge on any atom is -0.348 e. The van der Waals surface area contributed by atoms with Crippen molar-refractivity contribution < 1.29 is 4.79 Å². The summed E-state index contributed by atoms with van der Waals surface area (Å²) >= 11 is 7.42. The fourth-order valence-corrected chi connectivity index (χ4v) is 3.17. The first-order valence-electron chi connectivity index (χ1n) is 7.37. The van der Waals surface area contributed by atoms with E-state index in [1.807, 2.05) is 61.5 Å². The molecular formula is C18H20ClNOS. The Morgan fingerprint density at radius 2 is 1.77 bits per heavy atom. The van der Waals surface area contributed by atoms with Crippen LogP contribution in [-0.4, -0.2) is 11.2 Å².